The van der Waals surface area contributed by atoms with Gasteiger partial charge < -0.3 is 9.47 Å². The standard InChI is InChI=1S/C18H23F3O3/c1-13(2)10-11-14(3)12-24-16(22)17(23-4,18(19,20)21)15-8-6-5-7-9-15/h5-10,14H,11-12H2,1-4H3/t14-,17?/m0/s1. The van der Waals surface area contributed by atoms with Crippen LogP contribution < -0.4 is 0 Å². The van der Waals surface area contributed by atoms with Crippen LogP contribution in [0.1, 0.15) is 32.8 Å². The third-order valence-corrected chi connectivity index (χ3v) is 3.60. The Hall–Kier alpha value is -1.82. The number of hydrogen-bond acceptors (Lipinski definition) is 3. The van der Waals surface area contributed by atoms with Gasteiger partial charge in [-0.05, 0) is 26.2 Å². The quantitative estimate of drug-likeness (QED) is 0.534. The van der Waals surface area contributed by atoms with Gasteiger partial charge in [-0.2, -0.15) is 13.2 Å². The van der Waals surface area contributed by atoms with Crippen LogP contribution in [0.5, 0.6) is 0 Å². The first kappa shape index (κ1) is 20.2. The van der Waals surface area contributed by atoms with Crippen molar-refractivity contribution < 1.29 is 27.4 Å². The molecule has 1 aromatic carbocycles. The molecule has 3 nitrogen and oxygen atoms in total. The normalized spacial score (nSPS) is 15.3. The average Bonchev–Trinajstić information content (AvgIpc) is 2.51. The van der Waals surface area contributed by atoms with Crippen molar-refractivity contribution in [1.29, 1.82) is 0 Å². The molecule has 0 N–H and O–H groups in total. The number of methoxy groups -OCH3 is 1. The number of carbonyl (C=O) groups excluding carboxylic acids is 1. The lowest BCUT2D eigenvalue weighted by Crippen LogP contribution is -2.52. The summed E-state index contributed by atoms with van der Waals surface area (Å²) in [5.74, 6) is -1.55. The molecule has 2 atom stereocenters. The second-order valence-corrected chi connectivity index (χ2v) is 5.97. The summed E-state index contributed by atoms with van der Waals surface area (Å²) in [5.41, 5.74) is -2.33. The number of rotatable bonds is 7. The highest BCUT2D eigenvalue weighted by Gasteiger charge is 2.64. The van der Waals surface area contributed by atoms with Gasteiger partial charge in [0.05, 0.1) is 6.61 Å². The van der Waals surface area contributed by atoms with Crippen LogP contribution in [0.4, 0.5) is 13.2 Å². The number of ether oxygens (including phenoxy) is 2. The van der Waals surface area contributed by atoms with Crippen LogP contribution in [0.2, 0.25) is 0 Å². The van der Waals surface area contributed by atoms with E-state index in [1.54, 1.807) is 13.0 Å². The number of esters is 1. The van der Waals surface area contributed by atoms with E-state index in [1.165, 1.54) is 24.3 Å². The smallest absolute Gasteiger partial charge is 0.432 e. The van der Waals surface area contributed by atoms with Crippen molar-refractivity contribution in [3.05, 3.63) is 47.5 Å². The van der Waals surface area contributed by atoms with Crippen LogP contribution in [0, 0.1) is 5.92 Å². The number of hydrogen-bond donors (Lipinski definition) is 0. The molecule has 1 unspecified atom stereocenters. The summed E-state index contributed by atoms with van der Waals surface area (Å²) in [5, 5.41) is 0. The van der Waals surface area contributed by atoms with E-state index in [9.17, 15) is 18.0 Å². The Morgan fingerprint density at radius 3 is 2.25 bits per heavy atom. The lowest BCUT2D eigenvalue weighted by Gasteiger charge is -2.32. The molecule has 6 heteroatoms. The predicted molar refractivity (Wildman–Crippen MR) is 85.4 cm³/mol. The Labute approximate surface area is 140 Å². The second-order valence-electron chi connectivity index (χ2n) is 5.97. The minimum absolute atomic E-state index is 0.0950. The van der Waals surface area contributed by atoms with Crippen LogP contribution in [-0.4, -0.2) is 25.9 Å². The molecule has 1 rings (SSSR count). The summed E-state index contributed by atoms with van der Waals surface area (Å²) < 4.78 is 50.6. The highest BCUT2D eigenvalue weighted by Crippen LogP contribution is 2.43. The van der Waals surface area contributed by atoms with Gasteiger partial charge in [0.25, 0.3) is 5.60 Å². The van der Waals surface area contributed by atoms with E-state index < -0.39 is 17.7 Å². The molecule has 0 amide bonds. The van der Waals surface area contributed by atoms with E-state index in [4.69, 9.17) is 4.74 Å². The number of carbonyl (C=O) groups is 1. The van der Waals surface area contributed by atoms with E-state index >= 15 is 0 Å². The van der Waals surface area contributed by atoms with Crippen molar-refractivity contribution >= 4 is 5.97 Å². The van der Waals surface area contributed by atoms with E-state index in [0.29, 0.717) is 6.42 Å². The zero-order valence-electron chi connectivity index (χ0n) is 14.3. The maximum absolute atomic E-state index is 13.7. The lowest BCUT2D eigenvalue weighted by molar-refractivity contribution is -0.276. The van der Waals surface area contributed by atoms with Crippen LogP contribution >= 0.6 is 0 Å². The Morgan fingerprint density at radius 2 is 1.79 bits per heavy atom. The van der Waals surface area contributed by atoms with Gasteiger partial charge in [-0.1, -0.05) is 48.9 Å². The molecule has 0 aliphatic heterocycles. The minimum Gasteiger partial charge on any atom is -0.463 e. The maximum Gasteiger partial charge on any atom is 0.432 e. The SMILES string of the molecule is COC(C(=O)OC[C@@H](C)CC=C(C)C)(c1ccccc1)C(F)(F)F. The van der Waals surface area contributed by atoms with Crippen LogP contribution in [0.15, 0.2) is 42.0 Å². The molecule has 0 fully saturated rings. The lowest BCUT2D eigenvalue weighted by atomic mass is 9.92. The van der Waals surface area contributed by atoms with E-state index in [-0.39, 0.29) is 18.1 Å². The van der Waals surface area contributed by atoms with Crippen molar-refractivity contribution in [3.8, 4) is 0 Å². The third-order valence-electron chi connectivity index (χ3n) is 3.60. The van der Waals surface area contributed by atoms with Gasteiger partial charge in [0.15, 0.2) is 0 Å². The molecule has 134 valence electrons. The summed E-state index contributed by atoms with van der Waals surface area (Å²) in [6.07, 6.45) is -2.38. The van der Waals surface area contributed by atoms with Crippen molar-refractivity contribution in [2.45, 2.75) is 39.0 Å². The van der Waals surface area contributed by atoms with Gasteiger partial charge in [0.2, 0.25) is 0 Å². The molecular formula is C18H23F3O3. The summed E-state index contributed by atoms with van der Waals surface area (Å²) in [4.78, 5) is 12.3. The second kappa shape index (κ2) is 8.33. The largest absolute Gasteiger partial charge is 0.463 e. The molecule has 0 spiro atoms. The summed E-state index contributed by atoms with van der Waals surface area (Å²) in [6.45, 7) is 5.54. The molecule has 0 aliphatic rings. The topological polar surface area (TPSA) is 35.5 Å². The molecular weight excluding hydrogens is 321 g/mol. The minimum atomic E-state index is -4.94. The summed E-state index contributed by atoms with van der Waals surface area (Å²) >= 11 is 0. The fraction of sp³-hybridized carbons (Fsp3) is 0.500. The van der Waals surface area contributed by atoms with Gasteiger partial charge in [0, 0.05) is 12.7 Å². The third kappa shape index (κ3) is 4.60. The highest BCUT2D eigenvalue weighted by atomic mass is 19.4. The Kier molecular flexibility index (Phi) is 7.02. The molecule has 0 aliphatic carbocycles. The molecule has 24 heavy (non-hydrogen) atoms. The van der Waals surface area contributed by atoms with Crippen LogP contribution in [0.25, 0.3) is 0 Å². The fourth-order valence-corrected chi connectivity index (χ4v) is 2.21. The molecule has 0 radical (unpaired) electrons. The van der Waals surface area contributed by atoms with Gasteiger partial charge >= 0.3 is 12.1 Å². The Bertz CT molecular complexity index is 563. The summed E-state index contributed by atoms with van der Waals surface area (Å²) in [7, 11) is 0.856. The van der Waals surface area contributed by atoms with Crippen LogP contribution in [0.3, 0.4) is 0 Å². The maximum atomic E-state index is 13.7. The first-order chi connectivity index (χ1) is 11.1. The number of benzene rings is 1. The fourth-order valence-electron chi connectivity index (χ4n) is 2.21. The van der Waals surface area contributed by atoms with Gasteiger partial charge in [-0.25, -0.2) is 4.79 Å². The molecule has 1 aromatic rings. The molecule has 0 heterocycles. The average molecular weight is 344 g/mol. The van der Waals surface area contributed by atoms with Crippen molar-refractivity contribution in [3.63, 3.8) is 0 Å². The molecule has 0 saturated heterocycles. The summed E-state index contributed by atoms with van der Waals surface area (Å²) in [6, 6.07) is 6.79. The first-order valence-corrected chi connectivity index (χ1v) is 7.63. The van der Waals surface area contributed by atoms with Crippen molar-refractivity contribution in [2.75, 3.05) is 13.7 Å². The molecule has 0 saturated carbocycles. The van der Waals surface area contributed by atoms with E-state index in [1.807, 2.05) is 19.9 Å². The molecule has 0 bridgehead atoms. The predicted octanol–water partition coefficient (Wildman–Crippen LogP) is 4.63. The van der Waals surface area contributed by atoms with Crippen molar-refractivity contribution in [1.82, 2.24) is 0 Å². The Balaban J connectivity index is 3.00. The van der Waals surface area contributed by atoms with Crippen molar-refractivity contribution in [2.24, 2.45) is 5.92 Å². The zero-order valence-corrected chi connectivity index (χ0v) is 14.3. The zero-order chi connectivity index (χ0) is 18.4. The first-order valence-electron chi connectivity index (χ1n) is 7.63. The van der Waals surface area contributed by atoms with Gasteiger partial charge in [-0.3, -0.25) is 0 Å². The number of allylic oxidation sites excluding steroid dienone is 2. The molecule has 0 aromatic heterocycles. The highest BCUT2D eigenvalue weighted by molar-refractivity contribution is 5.82. The monoisotopic (exact) mass is 344 g/mol. The number of alkyl halides is 3. The number of halogens is 3. The van der Waals surface area contributed by atoms with E-state index in [2.05, 4.69) is 4.74 Å². The van der Waals surface area contributed by atoms with Gasteiger partial charge in [0.1, 0.15) is 0 Å². The van der Waals surface area contributed by atoms with E-state index in [0.717, 1.165) is 12.7 Å². The van der Waals surface area contributed by atoms with Gasteiger partial charge in [-0.15, -0.1) is 0 Å². The van der Waals surface area contributed by atoms with Crippen LogP contribution in [-0.2, 0) is 19.9 Å². The Morgan fingerprint density at radius 1 is 1.21 bits per heavy atom.